The molecule has 34 heavy (non-hydrogen) atoms. The number of carbonyl (C=O) groups is 2. The number of hydrogen-bond donors (Lipinski definition) is 2. The lowest BCUT2D eigenvalue weighted by molar-refractivity contribution is -0.143. The minimum atomic E-state index is -0.977. The molecule has 1 saturated heterocycles. The van der Waals surface area contributed by atoms with E-state index in [4.69, 9.17) is 16.3 Å². The summed E-state index contributed by atoms with van der Waals surface area (Å²) in [6, 6.07) is 9.60. The zero-order chi connectivity index (χ0) is 24.5. The van der Waals surface area contributed by atoms with Gasteiger partial charge in [0.05, 0.1) is 18.3 Å². The van der Waals surface area contributed by atoms with Gasteiger partial charge in [-0.15, -0.1) is 0 Å². The van der Waals surface area contributed by atoms with Gasteiger partial charge in [0.2, 0.25) is 0 Å². The van der Waals surface area contributed by atoms with Crippen molar-refractivity contribution < 1.29 is 23.8 Å². The number of H-pyrrole nitrogens is 1. The molecule has 2 heterocycles. The van der Waals surface area contributed by atoms with Gasteiger partial charge in [0.15, 0.2) is 6.10 Å². The highest BCUT2D eigenvalue weighted by Gasteiger charge is 2.40. The van der Waals surface area contributed by atoms with Crippen LogP contribution in [0.1, 0.15) is 30.1 Å². The fourth-order valence-corrected chi connectivity index (χ4v) is 4.71. The summed E-state index contributed by atoms with van der Waals surface area (Å²) in [5.41, 5.74) is 1.47. The predicted molar refractivity (Wildman–Crippen MR) is 125 cm³/mol. The third-order valence-electron chi connectivity index (χ3n) is 6.47. The van der Waals surface area contributed by atoms with Gasteiger partial charge < -0.3 is 19.6 Å². The maximum absolute atomic E-state index is 13.6. The second-order valence-corrected chi connectivity index (χ2v) is 9.25. The SMILES string of the molecule is CN(C)C(=O)C(OCC1(c2ccc(F)cc2)CCN(C(=O)O)CC1)c1cc(Cl)cc2cn[nH]c12. The average molecular weight is 489 g/mol. The summed E-state index contributed by atoms with van der Waals surface area (Å²) in [6.07, 6.45) is 0.635. The standard InChI is InChI=1S/C24H26ClFN4O4/c1-29(2)22(31)21(19-12-17(25)11-15-13-27-28-20(15)19)34-14-24(16-3-5-18(26)6-4-16)7-9-30(10-8-24)23(32)33/h3-6,11-13,21H,7-10,14H2,1-2H3,(H,27,28)(H,32,33). The van der Waals surface area contributed by atoms with Gasteiger partial charge in [0.1, 0.15) is 5.82 Å². The fourth-order valence-electron chi connectivity index (χ4n) is 4.47. The number of piperidine rings is 1. The van der Waals surface area contributed by atoms with Crippen molar-refractivity contribution in [2.75, 3.05) is 33.8 Å². The number of fused-ring (bicyclic) bond motifs is 1. The van der Waals surface area contributed by atoms with Crippen LogP contribution >= 0.6 is 11.6 Å². The Kier molecular flexibility index (Phi) is 6.77. The topological polar surface area (TPSA) is 98.8 Å². The van der Waals surface area contributed by atoms with Crippen LogP contribution in [0.3, 0.4) is 0 Å². The lowest BCUT2D eigenvalue weighted by atomic mass is 9.73. The van der Waals surface area contributed by atoms with Crippen LogP contribution in [-0.4, -0.2) is 70.9 Å². The normalized spacial score (nSPS) is 16.4. The van der Waals surface area contributed by atoms with Gasteiger partial charge in [0, 0.05) is 48.6 Å². The maximum Gasteiger partial charge on any atom is 0.407 e. The predicted octanol–water partition coefficient (Wildman–Crippen LogP) is 4.21. The molecule has 1 atom stereocenters. The molecular formula is C24H26ClFN4O4. The Morgan fingerprint density at radius 1 is 1.26 bits per heavy atom. The first-order valence-corrected chi connectivity index (χ1v) is 11.3. The van der Waals surface area contributed by atoms with Crippen LogP contribution in [0.4, 0.5) is 9.18 Å². The van der Waals surface area contributed by atoms with Gasteiger partial charge in [-0.3, -0.25) is 9.89 Å². The Morgan fingerprint density at radius 2 is 1.94 bits per heavy atom. The van der Waals surface area contributed by atoms with Crippen LogP contribution in [0.25, 0.3) is 10.9 Å². The number of amides is 2. The molecule has 1 aliphatic rings. The molecular weight excluding hydrogens is 463 g/mol. The Hall–Kier alpha value is -3.17. The first-order chi connectivity index (χ1) is 16.2. The first-order valence-electron chi connectivity index (χ1n) is 10.9. The molecule has 2 N–H and O–H groups in total. The zero-order valence-corrected chi connectivity index (χ0v) is 19.7. The highest BCUT2D eigenvalue weighted by Crippen LogP contribution is 2.39. The number of benzene rings is 2. The van der Waals surface area contributed by atoms with Crippen LogP contribution in [0, 0.1) is 5.82 Å². The Bertz CT molecular complexity index is 1190. The second kappa shape index (κ2) is 9.60. The third kappa shape index (κ3) is 4.71. The van der Waals surface area contributed by atoms with Crippen LogP contribution in [-0.2, 0) is 14.9 Å². The molecule has 4 rings (SSSR count). The van der Waals surface area contributed by atoms with Gasteiger partial charge >= 0.3 is 6.09 Å². The van der Waals surface area contributed by atoms with E-state index in [2.05, 4.69) is 10.2 Å². The monoisotopic (exact) mass is 488 g/mol. The molecule has 0 aliphatic carbocycles. The molecule has 0 spiro atoms. The fraction of sp³-hybridized carbons (Fsp3) is 0.375. The van der Waals surface area contributed by atoms with Crippen molar-refractivity contribution in [1.29, 1.82) is 0 Å². The molecule has 0 radical (unpaired) electrons. The number of nitrogens with one attached hydrogen (secondary N) is 1. The number of nitrogens with zero attached hydrogens (tertiary/aromatic N) is 3. The van der Waals surface area contributed by atoms with E-state index >= 15 is 0 Å². The number of aromatic nitrogens is 2. The minimum absolute atomic E-state index is 0.137. The number of hydrogen-bond acceptors (Lipinski definition) is 4. The highest BCUT2D eigenvalue weighted by atomic mass is 35.5. The van der Waals surface area contributed by atoms with E-state index < -0.39 is 17.6 Å². The number of halogens is 2. The van der Waals surface area contributed by atoms with Crippen LogP contribution in [0.2, 0.25) is 5.02 Å². The Morgan fingerprint density at radius 3 is 2.56 bits per heavy atom. The molecule has 10 heteroatoms. The van der Waals surface area contributed by atoms with Crippen LogP contribution < -0.4 is 0 Å². The Balaban J connectivity index is 1.69. The van der Waals surface area contributed by atoms with Gasteiger partial charge in [-0.1, -0.05) is 23.7 Å². The molecule has 180 valence electrons. The van der Waals surface area contributed by atoms with Crippen molar-refractivity contribution in [3.8, 4) is 0 Å². The van der Waals surface area contributed by atoms with Crippen LogP contribution in [0.5, 0.6) is 0 Å². The summed E-state index contributed by atoms with van der Waals surface area (Å²) in [5.74, 6) is -0.626. The molecule has 0 saturated carbocycles. The van der Waals surface area contributed by atoms with Gasteiger partial charge in [-0.2, -0.15) is 5.10 Å². The lowest BCUT2D eigenvalue weighted by Gasteiger charge is -2.42. The molecule has 1 aromatic heterocycles. The number of carbonyl (C=O) groups excluding carboxylic acids is 1. The van der Waals surface area contributed by atoms with Gasteiger partial charge in [-0.25, -0.2) is 9.18 Å². The third-order valence-corrected chi connectivity index (χ3v) is 6.68. The van der Waals surface area contributed by atoms with Gasteiger partial charge in [0.25, 0.3) is 5.91 Å². The Labute approximate surface area is 201 Å². The van der Waals surface area contributed by atoms with E-state index in [1.165, 1.54) is 21.9 Å². The largest absolute Gasteiger partial charge is 0.465 e. The van der Waals surface area contributed by atoms with Crippen molar-refractivity contribution in [2.45, 2.75) is 24.4 Å². The van der Waals surface area contributed by atoms with E-state index in [0.29, 0.717) is 42.0 Å². The second-order valence-electron chi connectivity index (χ2n) is 8.81. The molecule has 2 amide bonds. The number of aromatic amines is 1. The molecule has 8 nitrogen and oxygen atoms in total. The van der Waals surface area contributed by atoms with Crippen molar-refractivity contribution in [1.82, 2.24) is 20.0 Å². The summed E-state index contributed by atoms with van der Waals surface area (Å²) in [7, 11) is 3.29. The molecule has 1 aliphatic heterocycles. The molecule has 3 aromatic rings. The molecule has 1 fully saturated rings. The van der Waals surface area contributed by atoms with Gasteiger partial charge in [-0.05, 0) is 42.7 Å². The van der Waals surface area contributed by atoms with Crippen LogP contribution in [0.15, 0.2) is 42.6 Å². The molecule has 1 unspecified atom stereocenters. The number of rotatable bonds is 6. The summed E-state index contributed by atoms with van der Waals surface area (Å²) < 4.78 is 20.0. The number of likely N-dealkylation sites (N-methyl/N-ethyl adjacent to an activating group) is 1. The van der Waals surface area contributed by atoms with Crippen molar-refractivity contribution >= 4 is 34.5 Å². The number of likely N-dealkylation sites (tertiary alicyclic amines) is 1. The van der Waals surface area contributed by atoms with E-state index in [1.54, 1.807) is 44.6 Å². The van der Waals surface area contributed by atoms with E-state index in [1.807, 2.05) is 0 Å². The average Bonchev–Trinajstić information content (AvgIpc) is 3.28. The molecule has 2 aromatic carbocycles. The quantitative estimate of drug-likeness (QED) is 0.541. The highest BCUT2D eigenvalue weighted by molar-refractivity contribution is 6.31. The number of carboxylic acid groups (broad SMARTS) is 1. The lowest BCUT2D eigenvalue weighted by Crippen LogP contribution is -2.47. The maximum atomic E-state index is 13.6. The smallest absolute Gasteiger partial charge is 0.407 e. The first kappa shape index (κ1) is 24.0. The summed E-state index contributed by atoms with van der Waals surface area (Å²) in [5, 5.41) is 17.6. The summed E-state index contributed by atoms with van der Waals surface area (Å²) >= 11 is 6.32. The minimum Gasteiger partial charge on any atom is -0.465 e. The zero-order valence-electron chi connectivity index (χ0n) is 18.9. The van der Waals surface area contributed by atoms with Crippen molar-refractivity contribution in [2.24, 2.45) is 0 Å². The van der Waals surface area contributed by atoms with Crippen molar-refractivity contribution in [3.05, 3.63) is 64.6 Å². The van der Waals surface area contributed by atoms with E-state index in [0.717, 1.165) is 10.9 Å². The summed E-state index contributed by atoms with van der Waals surface area (Å²) in [6.45, 7) is 0.757. The number of ether oxygens (including phenoxy) is 1. The molecule has 0 bridgehead atoms. The van der Waals surface area contributed by atoms with E-state index in [9.17, 15) is 19.1 Å². The van der Waals surface area contributed by atoms with E-state index in [-0.39, 0.29) is 18.3 Å². The van der Waals surface area contributed by atoms with Crippen molar-refractivity contribution in [3.63, 3.8) is 0 Å². The summed E-state index contributed by atoms with van der Waals surface area (Å²) in [4.78, 5) is 27.5.